The quantitative estimate of drug-likeness (QED) is 0.777. The summed E-state index contributed by atoms with van der Waals surface area (Å²) >= 11 is 0. The first-order valence-corrected chi connectivity index (χ1v) is 9.29. The lowest BCUT2D eigenvalue weighted by molar-refractivity contribution is 0.0972. The molecular formula is C20H17NO3S. The number of aryl methyl sites for hydroxylation is 1. The molecule has 0 heterocycles. The van der Waals surface area contributed by atoms with Crippen molar-refractivity contribution in [1.29, 1.82) is 0 Å². The molecule has 5 heteroatoms. The van der Waals surface area contributed by atoms with Crippen molar-refractivity contribution >= 4 is 26.5 Å². The van der Waals surface area contributed by atoms with Gasteiger partial charge in [0.1, 0.15) is 0 Å². The van der Waals surface area contributed by atoms with Crippen LogP contribution in [0.4, 0.5) is 0 Å². The fourth-order valence-corrected chi connectivity index (χ4v) is 3.43. The molecular weight excluding hydrogens is 334 g/mol. The van der Waals surface area contributed by atoms with E-state index >= 15 is 0 Å². The number of rotatable bonds is 4. The van der Waals surface area contributed by atoms with E-state index in [0.717, 1.165) is 21.7 Å². The van der Waals surface area contributed by atoms with Crippen molar-refractivity contribution < 1.29 is 13.2 Å². The van der Waals surface area contributed by atoms with Crippen LogP contribution < -0.4 is 5.32 Å². The number of nitrogens with one attached hydrogen (secondary N) is 1. The summed E-state index contributed by atoms with van der Waals surface area (Å²) in [6, 6.07) is 19.5. The number of sulfone groups is 1. The first-order chi connectivity index (χ1) is 12.0. The summed E-state index contributed by atoms with van der Waals surface area (Å²) in [4.78, 5) is 12.6. The normalized spacial score (nSPS) is 11.7. The Balaban J connectivity index is 1.79. The van der Waals surface area contributed by atoms with Crippen LogP contribution in [-0.2, 0) is 9.84 Å². The minimum atomic E-state index is -3.59. The molecule has 126 valence electrons. The van der Waals surface area contributed by atoms with Crippen molar-refractivity contribution in [2.45, 2.75) is 11.8 Å². The van der Waals surface area contributed by atoms with Crippen LogP contribution in [0, 0.1) is 6.92 Å². The van der Waals surface area contributed by atoms with Crippen LogP contribution >= 0.6 is 0 Å². The number of carbonyl (C=O) groups is 1. The molecule has 3 aromatic carbocycles. The number of hydrogen-bond donors (Lipinski definition) is 1. The highest BCUT2D eigenvalue weighted by Crippen LogP contribution is 2.18. The number of fused-ring (bicyclic) bond motifs is 1. The monoisotopic (exact) mass is 351 g/mol. The van der Waals surface area contributed by atoms with Gasteiger partial charge in [-0.2, -0.15) is 0 Å². The molecule has 0 atom stereocenters. The maximum atomic E-state index is 12.4. The molecule has 1 N–H and O–H groups in total. The molecule has 0 fully saturated rings. The van der Waals surface area contributed by atoms with E-state index in [2.05, 4.69) is 5.32 Å². The Hall–Kier alpha value is -2.92. The number of carbonyl (C=O) groups excluding carboxylic acids is 1. The summed E-state index contributed by atoms with van der Waals surface area (Å²) in [5.74, 6) is -0.354. The smallest absolute Gasteiger partial charge is 0.255 e. The molecule has 0 spiro atoms. The molecule has 0 aromatic heterocycles. The van der Waals surface area contributed by atoms with E-state index < -0.39 is 9.84 Å². The Bertz CT molecular complexity index is 1050. The summed E-state index contributed by atoms with van der Waals surface area (Å²) in [7, 11) is -3.59. The van der Waals surface area contributed by atoms with Crippen LogP contribution in [0.1, 0.15) is 15.9 Å². The number of amides is 1. The molecule has 0 aliphatic rings. The second-order valence-electron chi connectivity index (χ2n) is 5.66. The van der Waals surface area contributed by atoms with Crippen molar-refractivity contribution in [1.82, 2.24) is 5.32 Å². The van der Waals surface area contributed by atoms with E-state index in [1.807, 2.05) is 37.3 Å². The first-order valence-electron chi connectivity index (χ1n) is 7.74. The highest BCUT2D eigenvalue weighted by Gasteiger charge is 2.11. The van der Waals surface area contributed by atoms with Crippen molar-refractivity contribution in [2.75, 3.05) is 0 Å². The first kappa shape index (κ1) is 16.9. The van der Waals surface area contributed by atoms with E-state index in [0.29, 0.717) is 5.56 Å². The Labute approximate surface area is 146 Å². The van der Waals surface area contributed by atoms with Gasteiger partial charge < -0.3 is 5.32 Å². The van der Waals surface area contributed by atoms with Gasteiger partial charge in [0.2, 0.25) is 9.84 Å². The van der Waals surface area contributed by atoms with Gasteiger partial charge in [-0.05, 0) is 35.9 Å². The third-order valence-electron chi connectivity index (χ3n) is 3.85. The zero-order chi connectivity index (χ0) is 17.9. The Kier molecular flexibility index (Phi) is 4.67. The van der Waals surface area contributed by atoms with Crippen LogP contribution in [0.3, 0.4) is 0 Å². The Morgan fingerprint density at radius 1 is 0.920 bits per heavy atom. The second kappa shape index (κ2) is 6.91. The molecule has 0 aliphatic heterocycles. The minimum Gasteiger partial charge on any atom is -0.328 e. The minimum absolute atomic E-state index is 0.189. The van der Waals surface area contributed by atoms with Crippen LogP contribution in [0.2, 0.25) is 0 Å². The molecule has 0 unspecified atom stereocenters. The summed E-state index contributed by atoms with van der Waals surface area (Å²) in [6.45, 7) is 1.89. The van der Waals surface area contributed by atoms with Gasteiger partial charge in [0.15, 0.2) is 0 Å². The molecule has 4 nitrogen and oxygen atoms in total. The van der Waals surface area contributed by atoms with E-state index in [1.54, 1.807) is 36.4 Å². The van der Waals surface area contributed by atoms with Crippen LogP contribution in [-0.4, -0.2) is 14.3 Å². The molecule has 0 saturated heterocycles. The highest BCUT2D eigenvalue weighted by atomic mass is 32.2. The molecule has 0 bridgehead atoms. The molecule has 25 heavy (non-hydrogen) atoms. The molecule has 0 saturated carbocycles. The highest BCUT2D eigenvalue weighted by molar-refractivity contribution is 7.94. The lowest BCUT2D eigenvalue weighted by Gasteiger charge is -2.05. The fraction of sp³-hybridized carbons (Fsp3) is 0.0500. The van der Waals surface area contributed by atoms with Crippen molar-refractivity contribution in [3.63, 3.8) is 0 Å². The summed E-state index contributed by atoms with van der Waals surface area (Å²) in [5, 5.41) is 5.30. The van der Waals surface area contributed by atoms with Crippen molar-refractivity contribution in [2.24, 2.45) is 0 Å². The Morgan fingerprint density at radius 3 is 2.36 bits per heavy atom. The average molecular weight is 351 g/mol. The van der Waals surface area contributed by atoms with Gasteiger partial charge in [-0.15, -0.1) is 0 Å². The third kappa shape index (κ3) is 3.78. The predicted molar refractivity (Wildman–Crippen MR) is 98.9 cm³/mol. The van der Waals surface area contributed by atoms with E-state index in [4.69, 9.17) is 0 Å². The number of benzene rings is 3. The molecule has 3 aromatic rings. The lowest BCUT2D eigenvalue weighted by atomic mass is 10.0. The zero-order valence-electron chi connectivity index (χ0n) is 13.6. The van der Waals surface area contributed by atoms with Gasteiger partial charge >= 0.3 is 0 Å². The van der Waals surface area contributed by atoms with Crippen molar-refractivity contribution in [3.8, 4) is 0 Å². The van der Waals surface area contributed by atoms with Gasteiger partial charge in [0.05, 0.1) is 10.3 Å². The van der Waals surface area contributed by atoms with Gasteiger partial charge in [0.25, 0.3) is 5.91 Å². The molecule has 1 amide bonds. The fourth-order valence-electron chi connectivity index (χ4n) is 2.51. The molecule has 0 aliphatic carbocycles. The average Bonchev–Trinajstić information content (AvgIpc) is 2.61. The SMILES string of the molecule is Cc1ccc(S(=O)(=O)/C=C\NC(=O)c2cccc3ccccc23)cc1. The van der Waals surface area contributed by atoms with E-state index in [-0.39, 0.29) is 10.8 Å². The van der Waals surface area contributed by atoms with E-state index in [1.165, 1.54) is 6.20 Å². The van der Waals surface area contributed by atoms with Crippen LogP contribution in [0.5, 0.6) is 0 Å². The lowest BCUT2D eigenvalue weighted by Crippen LogP contribution is -2.17. The Morgan fingerprint density at radius 2 is 1.60 bits per heavy atom. The zero-order valence-corrected chi connectivity index (χ0v) is 14.5. The van der Waals surface area contributed by atoms with Crippen LogP contribution in [0.15, 0.2) is 83.2 Å². The topological polar surface area (TPSA) is 63.2 Å². The van der Waals surface area contributed by atoms with Gasteiger partial charge in [-0.25, -0.2) is 8.42 Å². The molecule has 0 radical (unpaired) electrons. The number of hydrogen-bond acceptors (Lipinski definition) is 3. The summed E-state index contributed by atoms with van der Waals surface area (Å²) in [6.07, 6.45) is 1.17. The molecule has 3 rings (SSSR count). The predicted octanol–water partition coefficient (Wildman–Crippen LogP) is 3.82. The van der Waals surface area contributed by atoms with E-state index in [9.17, 15) is 13.2 Å². The van der Waals surface area contributed by atoms with Crippen molar-refractivity contribution in [3.05, 3.63) is 89.5 Å². The summed E-state index contributed by atoms with van der Waals surface area (Å²) < 4.78 is 24.5. The van der Waals surface area contributed by atoms with Gasteiger partial charge in [0, 0.05) is 11.8 Å². The second-order valence-corrected chi connectivity index (χ2v) is 7.49. The van der Waals surface area contributed by atoms with Crippen LogP contribution in [0.25, 0.3) is 10.8 Å². The maximum Gasteiger partial charge on any atom is 0.255 e. The largest absolute Gasteiger partial charge is 0.328 e. The standard InChI is InChI=1S/C20H17NO3S/c1-15-9-11-17(12-10-15)25(23,24)14-13-21-20(22)19-8-4-6-16-5-2-3-7-18(16)19/h2-14H,1H3,(H,21,22)/b14-13-. The maximum absolute atomic E-state index is 12.4. The van der Waals surface area contributed by atoms with Gasteiger partial charge in [-0.1, -0.05) is 54.1 Å². The third-order valence-corrected chi connectivity index (χ3v) is 5.27. The van der Waals surface area contributed by atoms with Gasteiger partial charge in [-0.3, -0.25) is 4.79 Å². The summed E-state index contributed by atoms with van der Waals surface area (Å²) in [5.41, 5.74) is 1.47.